The number of aromatic carboxylic acids is 1. The van der Waals surface area contributed by atoms with Crippen molar-refractivity contribution < 1.29 is 19.4 Å². The van der Waals surface area contributed by atoms with Crippen molar-refractivity contribution in [3.05, 3.63) is 95.1 Å². The van der Waals surface area contributed by atoms with Gasteiger partial charge in [0.2, 0.25) is 0 Å². The highest BCUT2D eigenvalue weighted by Gasteiger charge is 2.32. The number of hydrogen-bond donors (Lipinski definition) is 1. The minimum Gasteiger partial charge on any atom is -0.478 e. The lowest BCUT2D eigenvalue weighted by atomic mass is 9.95. The minimum absolute atomic E-state index is 0.0319. The summed E-state index contributed by atoms with van der Waals surface area (Å²) >= 11 is 0. The number of nitrogens with zero attached hydrogens (tertiary/aromatic N) is 1. The van der Waals surface area contributed by atoms with Crippen LogP contribution in [0.2, 0.25) is 0 Å². The first kappa shape index (κ1) is 20.3. The number of carbonyl (C=O) groups is 2. The predicted octanol–water partition coefficient (Wildman–Crippen LogP) is 5.86. The van der Waals surface area contributed by atoms with Crippen molar-refractivity contribution >= 4 is 12.1 Å². The zero-order valence-electron chi connectivity index (χ0n) is 17.7. The minimum atomic E-state index is -0.950. The quantitative estimate of drug-likeness (QED) is 0.566. The van der Waals surface area contributed by atoms with Gasteiger partial charge < -0.3 is 14.7 Å². The summed E-state index contributed by atoms with van der Waals surface area (Å²) in [5.41, 5.74) is 6.00. The summed E-state index contributed by atoms with van der Waals surface area (Å²) in [6.07, 6.45) is 2.50. The molecule has 162 valence electrons. The number of hydrogen-bond acceptors (Lipinski definition) is 3. The molecule has 0 bridgehead atoms. The van der Waals surface area contributed by atoms with Crippen molar-refractivity contribution in [2.24, 2.45) is 0 Å². The van der Waals surface area contributed by atoms with E-state index in [1.807, 2.05) is 36.4 Å². The lowest BCUT2D eigenvalue weighted by Gasteiger charge is -2.35. The smallest absolute Gasteiger partial charge is 0.410 e. The van der Waals surface area contributed by atoms with E-state index in [9.17, 15) is 9.59 Å². The summed E-state index contributed by atoms with van der Waals surface area (Å²) in [7, 11) is 0. The zero-order valence-corrected chi connectivity index (χ0v) is 17.7. The largest absolute Gasteiger partial charge is 0.478 e. The van der Waals surface area contributed by atoms with Crippen LogP contribution in [0, 0.1) is 0 Å². The number of fused-ring (bicyclic) bond motifs is 3. The number of rotatable bonds is 4. The molecule has 5 heteroatoms. The van der Waals surface area contributed by atoms with Gasteiger partial charge in [0, 0.05) is 12.5 Å². The normalized spacial score (nSPS) is 17.5. The molecule has 0 spiro atoms. The predicted molar refractivity (Wildman–Crippen MR) is 122 cm³/mol. The van der Waals surface area contributed by atoms with Crippen LogP contribution in [-0.2, 0) is 4.74 Å². The fourth-order valence-electron chi connectivity index (χ4n) is 5.02. The molecule has 2 aliphatic rings. The Morgan fingerprint density at radius 3 is 2.12 bits per heavy atom. The van der Waals surface area contributed by atoms with E-state index in [4.69, 9.17) is 9.84 Å². The van der Waals surface area contributed by atoms with Crippen LogP contribution in [0.15, 0.2) is 72.8 Å². The summed E-state index contributed by atoms with van der Waals surface area (Å²) in [6, 6.07) is 23.3. The van der Waals surface area contributed by atoms with Crippen molar-refractivity contribution in [3.63, 3.8) is 0 Å². The highest BCUT2D eigenvalue weighted by atomic mass is 16.6. The third kappa shape index (κ3) is 3.64. The lowest BCUT2D eigenvalue weighted by molar-refractivity contribution is 0.0688. The maximum absolute atomic E-state index is 13.1. The number of carboxylic acids is 1. The van der Waals surface area contributed by atoms with Gasteiger partial charge in [0.15, 0.2) is 0 Å². The molecular formula is C27H25NO4. The number of carboxylic acid groups (broad SMARTS) is 1. The van der Waals surface area contributed by atoms with Crippen LogP contribution in [0.4, 0.5) is 4.79 Å². The van der Waals surface area contributed by atoms with Gasteiger partial charge in [-0.05, 0) is 59.2 Å². The molecule has 0 radical (unpaired) electrons. The number of likely N-dealkylation sites (tertiary alicyclic amines) is 1. The van der Waals surface area contributed by atoms with Gasteiger partial charge in [-0.25, -0.2) is 9.59 Å². The van der Waals surface area contributed by atoms with Gasteiger partial charge >= 0.3 is 12.1 Å². The first-order valence-corrected chi connectivity index (χ1v) is 11.1. The van der Waals surface area contributed by atoms with Crippen molar-refractivity contribution in [3.8, 4) is 11.1 Å². The zero-order chi connectivity index (χ0) is 22.1. The van der Waals surface area contributed by atoms with E-state index in [2.05, 4.69) is 24.3 Å². The molecule has 1 unspecified atom stereocenters. The first-order valence-electron chi connectivity index (χ1n) is 11.1. The standard InChI is InChI=1S/C27H25NO4/c29-26(30)19-14-12-18(13-15-19)25-11-5-6-16-28(25)27(31)32-17-24-22-9-3-1-7-20(22)21-8-2-4-10-23(21)24/h1-4,7-10,12-15,24-25H,5-6,11,16-17H2,(H,29,30). The molecule has 1 aliphatic heterocycles. The lowest BCUT2D eigenvalue weighted by Crippen LogP contribution is -2.39. The monoisotopic (exact) mass is 427 g/mol. The number of ether oxygens (including phenoxy) is 1. The summed E-state index contributed by atoms with van der Waals surface area (Å²) in [6.45, 7) is 0.941. The van der Waals surface area contributed by atoms with Crippen LogP contribution in [0.5, 0.6) is 0 Å². The van der Waals surface area contributed by atoms with Crippen LogP contribution < -0.4 is 0 Å². The molecule has 1 saturated heterocycles. The van der Waals surface area contributed by atoms with Crippen molar-refractivity contribution in [1.29, 1.82) is 0 Å². The van der Waals surface area contributed by atoms with Gasteiger partial charge in [-0.3, -0.25) is 0 Å². The highest BCUT2D eigenvalue weighted by molar-refractivity contribution is 5.87. The second kappa shape index (κ2) is 8.50. The van der Waals surface area contributed by atoms with Crippen molar-refractivity contribution in [2.45, 2.75) is 31.2 Å². The Morgan fingerprint density at radius 2 is 1.50 bits per heavy atom. The first-order chi connectivity index (χ1) is 15.6. The molecule has 3 aromatic carbocycles. The van der Waals surface area contributed by atoms with Crippen LogP contribution in [0.1, 0.15) is 58.3 Å². The van der Waals surface area contributed by atoms with E-state index >= 15 is 0 Å². The third-order valence-corrected chi connectivity index (χ3v) is 6.62. The average Bonchev–Trinajstić information content (AvgIpc) is 3.16. The molecule has 0 aromatic heterocycles. The van der Waals surface area contributed by atoms with Gasteiger partial charge in [0.1, 0.15) is 6.61 Å². The van der Waals surface area contributed by atoms with Crippen LogP contribution >= 0.6 is 0 Å². The molecule has 1 atom stereocenters. The number of carbonyl (C=O) groups excluding carboxylic acids is 1. The molecule has 5 rings (SSSR count). The van der Waals surface area contributed by atoms with Gasteiger partial charge in [0.05, 0.1) is 11.6 Å². The molecule has 5 nitrogen and oxygen atoms in total. The van der Waals surface area contributed by atoms with E-state index in [-0.39, 0.29) is 23.6 Å². The molecule has 1 fully saturated rings. The van der Waals surface area contributed by atoms with E-state index in [0.29, 0.717) is 13.2 Å². The van der Waals surface area contributed by atoms with Gasteiger partial charge in [-0.2, -0.15) is 0 Å². The Kier molecular flexibility index (Phi) is 5.39. The molecule has 1 aliphatic carbocycles. The van der Waals surface area contributed by atoms with Gasteiger partial charge in [0.25, 0.3) is 0 Å². The van der Waals surface area contributed by atoms with E-state index in [0.717, 1.165) is 24.8 Å². The maximum atomic E-state index is 13.1. The molecular weight excluding hydrogens is 402 g/mol. The highest BCUT2D eigenvalue weighted by Crippen LogP contribution is 2.44. The number of benzene rings is 3. The Morgan fingerprint density at radius 1 is 0.875 bits per heavy atom. The third-order valence-electron chi connectivity index (χ3n) is 6.62. The molecule has 1 N–H and O–H groups in total. The Labute approximate surface area is 187 Å². The maximum Gasteiger partial charge on any atom is 0.410 e. The summed E-state index contributed by atoms with van der Waals surface area (Å²) in [5, 5.41) is 9.16. The number of piperidine rings is 1. The topological polar surface area (TPSA) is 66.8 Å². The van der Waals surface area contributed by atoms with Crippen molar-refractivity contribution in [1.82, 2.24) is 4.90 Å². The average molecular weight is 428 g/mol. The molecule has 1 amide bonds. The van der Waals surface area contributed by atoms with E-state index in [1.165, 1.54) is 22.3 Å². The Balaban J connectivity index is 1.33. The SMILES string of the molecule is O=C(O)c1ccc(C2CCCCN2C(=O)OCC2c3ccccc3-c3ccccc32)cc1. The summed E-state index contributed by atoms with van der Waals surface area (Å²) < 4.78 is 5.89. The second-order valence-electron chi connectivity index (χ2n) is 8.44. The van der Waals surface area contributed by atoms with Crippen molar-refractivity contribution in [2.75, 3.05) is 13.2 Å². The van der Waals surface area contributed by atoms with Gasteiger partial charge in [-0.15, -0.1) is 0 Å². The fraction of sp³-hybridized carbons (Fsp3) is 0.259. The molecule has 1 heterocycles. The van der Waals surface area contributed by atoms with Gasteiger partial charge in [-0.1, -0.05) is 60.7 Å². The summed E-state index contributed by atoms with van der Waals surface area (Å²) in [5.74, 6) is -0.918. The molecule has 32 heavy (non-hydrogen) atoms. The molecule has 3 aromatic rings. The van der Waals surface area contributed by atoms with Crippen LogP contribution in [-0.4, -0.2) is 35.2 Å². The Hall–Kier alpha value is -3.60. The van der Waals surface area contributed by atoms with Crippen LogP contribution in [0.3, 0.4) is 0 Å². The fourth-order valence-corrected chi connectivity index (χ4v) is 5.02. The summed E-state index contributed by atoms with van der Waals surface area (Å²) in [4.78, 5) is 26.1. The van der Waals surface area contributed by atoms with Crippen LogP contribution in [0.25, 0.3) is 11.1 Å². The van der Waals surface area contributed by atoms with E-state index < -0.39 is 5.97 Å². The second-order valence-corrected chi connectivity index (χ2v) is 8.44. The number of amides is 1. The van der Waals surface area contributed by atoms with E-state index in [1.54, 1.807) is 17.0 Å². The molecule has 0 saturated carbocycles. The Bertz CT molecular complexity index is 1110.